The summed E-state index contributed by atoms with van der Waals surface area (Å²) < 4.78 is 0. The van der Waals surface area contributed by atoms with Crippen LogP contribution in [0.5, 0.6) is 0 Å². The maximum atomic E-state index is 12.5. The molecule has 0 N–H and O–H groups in total. The van der Waals surface area contributed by atoms with Gasteiger partial charge in [0.25, 0.3) is 0 Å². The molecule has 1 amide bonds. The Morgan fingerprint density at radius 2 is 1.62 bits per heavy atom. The Bertz CT molecular complexity index is 503. The molecule has 2 heterocycles. The van der Waals surface area contributed by atoms with Gasteiger partial charge in [-0.25, -0.2) is 0 Å². The molecule has 132 valence electrons. The van der Waals surface area contributed by atoms with Gasteiger partial charge in [0, 0.05) is 45.7 Å². The van der Waals surface area contributed by atoms with Gasteiger partial charge >= 0.3 is 0 Å². The first kappa shape index (κ1) is 17.4. The lowest BCUT2D eigenvalue weighted by atomic mass is 9.99. The van der Waals surface area contributed by atoms with Crippen LogP contribution in [0.1, 0.15) is 31.7 Å². The van der Waals surface area contributed by atoms with Crippen molar-refractivity contribution in [3.05, 3.63) is 35.9 Å². The van der Waals surface area contributed by atoms with Crippen molar-refractivity contribution in [3.63, 3.8) is 0 Å². The minimum Gasteiger partial charge on any atom is -0.340 e. The highest BCUT2D eigenvalue weighted by atomic mass is 16.2. The number of likely N-dealkylation sites (tertiary alicyclic amines) is 1. The number of amides is 1. The fourth-order valence-corrected chi connectivity index (χ4v) is 3.69. The molecule has 4 nitrogen and oxygen atoms in total. The fourth-order valence-electron chi connectivity index (χ4n) is 3.69. The molecule has 0 unspecified atom stereocenters. The van der Waals surface area contributed by atoms with E-state index in [1.807, 2.05) is 0 Å². The lowest BCUT2D eigenvalue weighted by molar-refractivity contribution is -0.133. The molecule has 2 aliphatic heterocycles. The van der Waals surface area contributed by atoms with Crippen LogP contribution in [0.25, 0.3) is 0 Å². The number of benzene rings is 1. The van der Waals surface area contributed by atoms with Gasteiger partial charge in [0.15, 0.2) is 0 Å². The molecule has 0 spiro atoms. The van der Waals surface area contributed by atoms with Crippen LogP contribution in [-0.2, 0) is 11.3 Å². The van der Waals surface area contributed by atoms with E-state index in [0.29, 0.717) is 12.3 Å². The summed E-state index contributed by atoms with van der Waals surface area (Å²) in [6.07, 6.45) is 3.26. The fraction of sp³-hybridized carbons (Fsp3) is 0.650. The Morgan fingerprint density at radius 1 is 0.958 bits per heavy atom. The van der Waals surface area contributed by atoms with Crippen molar-refractivity contribution < 1.29 is 4.79 Å². The number of hydrogen-bond acceptors (Lipinski definition) is 3. The molecule has 4 heteroatoms. The second kappa shape index (κ2) is 8.63. The molecule has 2 aliphatic rings. The molecule has 1 aromatic carbocycles. The number of rotatable bonds is 5. The normalized spacial score (nSPS) is 21.1. The summed E-state index contributed by atoms with van der Waals surface area (Å²) in [6.45, 7) is 10.3. The van der Waals surface area contributed by atoms with Crippen molar-refractivity contribution in [1.82, 2.24) is 14.7 Å². The number of nitrogens with zero attached hydrogens (tertiary/aromatic N) is 3. The molecule has 24 heavy (non-hydrogen) atoms. The molecule has 0 aromatic heterocycles. The second-order valence-electron chi connectivity index (χ2n) is 7.42. The van der Waals surface area contributed by atoms with Gasteiger partial charge in [0.2, 0.25) is 5.91 Å². The van der Waals surface area contributed by atoms with Crippen LogP contribution >= 0.6 is 0 Å². The van der Waals surface area contributed by atoms with Gasteiger partial charge in [0.05, 0.1) is 0 Å². The molecule has 3 rings (SSSR count). The van der Waals surface area contributed by atoms with Crippen molar-refractivity contribution in [1.29, 1.82) is 0 Å². The van der Waals surface area contributed by atoms with Crippen molar-refractivity contribution in [2.45, 2.75) is 32.7 Å². The van der Waals surface area contributed by atoms with Crippen LogP contribution in [0.3, 0.4) is 0 Å². The third-order valence-corrected chi connectivity index (χ3v) is 5.49. The average Bonchev–Trinajstić information content (AvgIpc) is 2.62. The van der Waals surface area contributed by atoms with Gasteiger partial charge in [-0.1, -0.05) is 37.3 Å². The van der Waals surface area contributed by atoms with Crippen molar-refractivity contribution in [2.24, 2.45) is 5.92 Å². The van der Waals surface area contributed by atoms with Crippen molar-refractivity contribution in [2.75, 3.05) is 45.8 Å². The lowest BCUT2D eigenvalue weighted by Gasteiger charge is -2.35. The number of piperidine rings is 1. The van der Waals surface area contributed by atoms with Crippen LogP contribution in [0, 0.1) is 5.92 Å². The predicted molar refractivity (Wildman–Crippen MR) is 97.8 cm³/mol. The Hall–Kier alpha value is -1.39. The summed E-state index contributed by atoms with van der Waals surface area (Å²) in [5.74, 6) is 1.20. The summed E-state index contributed by atoms with van der Waals surface area (Å²) in [6, 6.07) is 10.6. The highest BCUT2D eigenvalue weighted by Crippen LogP contribution is 2.16. The first-order valence-corrected chi connectivity index (χ1v) is 9.47. The Morgan fingerprint density at radius 3 is 2.29 bits per heavy atom. The van der Waals surface area contributed by atoms with E-state index in [9.17, 15) is 4.79 Å². The van der Waals surface area contributed by atoms with Gasteiger partial charge in [0.1, 0.15) is 0 Å². The molecule has 1 aromatic rings. The van der Waals surface area contributed by atoms with Gasteiger partial charge in [-0.3, -0.25) is 9.69 Å². The van der Waals surface area contributed by atoms with Crippen molar-refractivity contribution in [3.8, 4) is 0 Å². The zero-order chi connectivity index (χ0) is 16.8. The van der Waals surface area contributed by atoms with E-state index in [1.54, 1.807) is 0 Å². The smallest absolute Gasteiger partial charge is 0.223 e. The topological polar surface area (TPSA) is 26.8 Å². The van der Waals surface area contributed by atoms with E-state index in [0.717, 1.165) is 45.2 Å². The number of carbonyl (C=O) groups excluding carboxylic acids is 1. The Labute approximate surface area is 146 Å². The van der Waals surface area contributed by atoms with E-state index >= 15 is 0 Å². The number of carbonyl (C=O) groups is 1. The predicted octanol–water partition coefficient (Wildman–Crippen LogP) is 2.45. The quantitative estimate of drug-likeness (QED) is 0.830. The highest BCUT2D eigenvalue weighted by molar-refractivity contribution is 5.76. The molecule has 0 aliphatic carbocycles. The van der Waals surface area contributed by atoms with Gasteiger partial charge in [-0.05, 0) is 37.4 Å². The van der Waals surface area contributed by atoms with Crippen LogP contribution in [0.15, 0.2) is 30.3 Å². The average molecular weight is 329 g/mol. The summed E-state index contributed by atoms with van der Waals surface area (Å²) in [5, 5.41) is 0. The maximum absolute atomic E-state index is 12.5. The van der Waals surface area contributed by atoms with E-state index in [2.05, 4.69) is 52.0 Å². The van der Waals surface area contributed by atoms with E-state index < -0.39 is 0 Å². The minimum absolute atomic E-state index is 0.341. The van der Waals surface area contributed by atoms with E-state index in [1.165, 1.54) is 31.5 Å². The molecular formula is C20H31N3O. The summed E-state index contributed by atoms with van der Waals surface area (Å²) in [4.78, 5) is 19.4. The van der Waals surface area contributed by atoms with Crippen LogP contribution < -0.4 is 0 Å². The standard InChI is InChI=1S/C20H31N3O/c1-18-7-10-21(11-8-18)12-9-20(24)23-15-13-22(14-16-23)17-19-5-3-2-4-6-19/h2-6,18H,7-17H2,1H3. The summed E-state index contributed by atoms with van der Waals surface area (Å²) in [5.41, 5.74) is 1.36. The third-order valence-electron chi connectivity index (χ3n) is 5.49. The third kappa shape index (κ3) is 5.05. The Kier molecular flexibility index (Phi) is 6.27. The first-order chi connectivity index (χ1) is 11.7. The lowest BCUT2D eigenvalue weighted by Crippen LogP contribution is -2.49. The molecule has 2 fully saturated rings. The minimum atomic E-state index is 0.341. The molecule has 2 saturated heterocycles. The molecule has 0 atom stereocenters. The zero-order valence-corrected chi connectivity index (χ0v) is 15.0. The monoisotopic (exact) mass is 329 g/mol. The van der Waals surface area contributed by atoms with Crippen LogP contribution in [0.2, 0.25) is 0 Å². The zero-order valence-electron chi connectivity index (χ0n) is 15.0. The van der Waals surface area contributed by atoms with Gasteiger partial charge < -0.3 is 9.80 Å². The number of hydrogen-bond donors (Lipinski definition) is 0. The van der Waals surface area contributed by atoms with Gasteiger partial charge in [-0.2, -0.15) is 0 Å². The molecule has 0 radical (unpaired) electrons. The Balaban J connectivity index is 1.36. The van der Waals surface area contributed by atoms with E-state index in [-0.39, 0.29) is 0 Å². The highest BCUT2D eigenvalue weighted by Gasteiger charge is 2.22. The van der Waals surface area contributed by atoms with Crippen LogP contribution in [-0.4, -0.2) is 66.4 Å². The maximum Gasteiger partial charge on any atom is 0.223 e. The van der Waals surface area contributed by atoms with Crippen molar-refractivity contribution >= 4 is 5.91 Å². The summed E-state index contributed by atoms with van der Waals surface area (Å²) in [7, 11) is 0. The molecular weight excluding hydrogens is 298 g/mol. The van der Waals surface area contributed by atoms with Crippen LogP contribution in [0.4, 0.5) is 0 Å². The largest absolute Gasteiger partial charge is 0.340 e. The molecule has 0 saturated carbocycles. The second-order valence-corrected chi connectivity index (χ2v) is 7.42. The van der Waals surface area contributed by atoms with E-state index in [4.69, 9.17) is 0 Å². The van der Waals surface area contributed by atoms with Gasteiger partial charge in [-0.15, -0.1) is 0 Å². The SMILES string of the molecule is CC1CCN(CCC(=O)N2CCN(Cc3ccccc3)CC2)CC1. The first-order valence-electron chi connectivity index (χ1n) is 9.47. The summed E-state index contributed by atoms with van der Waals surface area (Å²) >= 11 is 0. The molecule has 0 bridgehead atoms. The number of piperazine rings is 1.